The van der Waals surface area contributed by atoms with E-state index in [4.69, 9.17) is 4.74 Å². The second-order valence-electron chi connectivity index (χ2n) is 5.57. The number of fused-ring (bicyclic) bond motifs is 1. The van der Waals surface area contributed by atoms with E-state index >= 15 is 0 Å². The van der Waals surface area contributed by atoms with Crippen LogP contribution < -0.4 is 5.32 Å². The van der Waals surface area contributed by atoms with Crippen molar-refractivity contribution in [3.63, 3.8) is 0 Å². The molecule has 4 nitrogen and oxygen atoms in total. The molecule has 0 radical (unpaired) electrons. The number of likely N-dealkylation sites (N-methyl/N-ethyl adjacent to an activating group) is 1. The number of carbonyl (C=O) groups is 1. The summed E-state index contributed by atoms with van der Waals surface area (Å²) in [5.74, 6) is 0.729. The van der Waals surface area contributed by atoms with Crippen molar-refractivity contribution in [2.75, 3.05) is 20.1 Å². The Morgan fingerprint density at radius 3 is 3.21 bits per heavy atom. The molecule has 0 saturated carbocycles. The van der Waals surface area contributed by atoms with Crippen LogP contribution in [0.5, 0.6) is 0 Å². The maximum atomic E-state index is 11.9. The summed E-state index contributed by atoms with van der Waals surface area (Å²) >= 11 is 1.67. The van der Waals surface area contributed by atoms with Crippen LogP contribution in [0.2, 0.25) is 0 Å². The number of rotatable bonds is 4. The van der Waals surface area contributed by atoms with Crippen LogP contribution in [0, 0.1) is 5.92 Å². The molecule has 2 saturated heterocycles. The number of carbonyl (C=O) groups excluding carboxylic acids is 1. The van der Waals surface area contributed by atoms with Gasteiger partial charge in [0.15, 0.2) is 0 Å². The first-order valence-corrected chi connectivity index (χ1v) is 7.72. The van der Waals surface area contributed by atoms with Gasteiger partial charge in [0.1, 0.15) is 0 Å². The molecule has 2 aliphatic heterocycles. The molecule has 1 N–H and O–H groups in total. The van der Waals surface area contributed by atoms with Crippen molar-refractivity contribution < 1.29 is 9.53 Å². The third-order valence-electron chi connectivity index (χ3n) is 3.95. The van der Waals surface area contributed by atoms with Gasteiger partial charge < -0.3 is 15.0 Å². The molecule has 104 valence electrons. The molecular weight excluding hydrogens is 260 g/mol. The first-order valence-electron chi connectivity index (χ1n) is 6.84. The fourth-order valence-corrected chi connectivity index (χ4v) is 3.72. The maximum absolute atomic E-state index is 11.9. The topological polar surface area (TPSA) is 41.6 Å². The standard InChI is InChI=1S/C14H20N2O2S/c1-16-8-10-5-11(18-13(10)9-16)6-14(17)15-7-12-3-2-4-19-12/h2-4,10-11,13H,5-9H2,1H3,(H,15,17)/t10-,11+,13+/m1/s1. The SMILES string of the molecule is CN1C[C@H]2C[C@@H](CC(=O)NCc3cccs3)O[C@H]2C1. The largest absolute Gasteiger partial charge is 0.373 e. The Labute approximate surface area is 117 Å². The zero-order valence-electron chi connectivity index (χ0n) is 11.2. The molecule has 3 heterocycles. The van der Waals surface area contributed by atoms with Gasteiger partial charge >= 0.3 is 0 Å². The Hall–Kier alpha value is -0.910. The summed E-state index contributed by atoms with van der Waals surface area (Å²) in [4.78, 5) is 15.4. The Bertz CT molecular complexity index is 421. The van der Waals surface area contributed by atoms with E-state index in [9.17, 15) is 4.79 Å². The molecule has 3 atom stereocenters. The summed E-state index contributed by atoms with van der Waals surface area (Å²) in [6.07, 6.45) is 2.00. The Balaban J connectivity index is 1.41. The number of amides is 1. The highest BCUT2D eigenvalue weighted by molar-refractivity contribution is 7.09. The van der Waals surface area contributed by atoms with Crippen LogP contribution in [-0.2, 0) is 16.1 Å². The fourth-order valence-electron chi connectivity index (χ4n) is 3.08. The zero-order valence-corrected chi connectivity index (χ0v) is 12.0. The molecule has 2 fully saturated rings. The van der Waals surface area contributed by atoms with Crippen LogP contribution in [0.25, 0.3) is 0 Å². The third-order valence-corrected chi connectivity index (χ3v) is 4.83. The molecule has 19 heavy (non-hydrogen) atoms. The Morgan fingerprint density at radius 2 is 2.47 bits per heavy atom. The molecule has 2 aliphatic rings. The molecule has 0 unspecified atom stereocenters. The van der Waals surface area contributed by atoms with Gasteiger partial charge in [-0.3, -0.25) is 4.79 Å². The quantitative estimate of drug-likeness (QED) is 0.908. The number of nitrogens with zero attached hydrogens (tertiary/aromatic N) is 1. The third kappa shape index (κ3) is 3.16. The lowest BCUT2D eigenvalue weighted by Crippen LogP contribution is -2.28. The normalized spacial score (nSPS) is 30.5. The van der Waals surface area contributed by atoms with E-state index in [-0.39, 0.29) is 12.0 Å². The van der Waals surface area contributed by atoms with Gasteiger partial charge in [0, 0.05) is 23.9 Å². The van der Waals surface area contributed by atoms with Crippen molar-refractivity contribution >= 4 is 17.2 Å². The molecule has 1 aromatic rings. The minimum absolute atomic E-state index is 0.103. The van der Waals surface area contributed by atoms with Gasteiger partial charge in [0.2, 0.25) is 5.91 Å². The van der Waals surface area contributed by atoms with Gasteiger partial charge in [-0.2, -0.15) is 0 Å². The van der Waals surface area contributed by atoms with Gasteiger partial charge in [-0.25, -0.2) is 0 Å². The highest BCUT2D eigenvalue weighted by Gasteiger charge is 2.41. The van der Waals surface area contributed by atoms with Crippen LogP contribution in [0.1, 0.15) is 17.7 Å². The van der Waals surface area contributed by atoms with Crippen molar-refractivity contribution in [3.05, 3.63) is 22.4 Å². The smallest absolute Gasteiger partial charge is 0.222 e. The summed E-state index contributed by atoms with van der Waals surface area (Å²) in [6, 6.07) is 4.04. The van der Waals surface area contributed by atoms with E-state index < -0.39 is 0 Å². The van der Waals surface area contributed by atoms with Crippen molar-refractivity contribution in [2.24, 2.45) is 5.92 Å². The Kier molecular flexibility index (Phi) is 3.86. The molecule has 0 aromatic carbocycles. The molecule has 1 amide bonds. The van der Waals surface area contributed by atoms with Gasteiger partial charge in [-0.1, -0.05) is 6.07 Å². The van der Waals surface area contributed by atoms with Gasteiger partial charge in [0.05, 0.1) is 25.2 Å². The molecular formula is C14H20N2O2S. The summed E-state index contributed by atoms with van der Waals surface area (Å²) in [7, 11) is 2.13. The Morgan fingerprint density at radius 1 is 1.58 bits per heavy atom. The first kappa shape index (κ1) is 13.1. The summed E-state index contributed by atoms with van der Waals surface area (Å²) in [5.41, 5.74) is 0. The predicted octanol–water partition coefficient (Wildman–Crippen LogP) is 1.47. The summed E-state index contributed by atoms with van der Waals surface area (Å²) in [6.45, 7) is 2.76. The average molecular weight is 280 g/mol. The van der Waals surface area contributed by atoms with Crippen molar-refractivity contribution in [1.82, 2.24) is 10.2 Å². The summed E-state index contributed by atoms with van der Waals surface area (Å²) < 4.78 is 5.96. The minimum atomic E-state index is 0.103. The van der Waals surface area contributed by atoms with Gasteiger partial charge in [-0.15, -0.1) is 11.3 Å². The second-order valence-corrected chi connectivity index (χ2v) is 6.61. The molecule has 0 aliphatic carbocycles. The zero-order chi connectivity index (χ0) is 13.2. The van der Waals surface area contributed by atoms with Crippen LogP contribution in [0.3, 0.4) is 0 Å². The number of hydrogen-bond donors (Lipinski definition) is 1. The van der Waals surface area contributed by atoms with Crippen molar-refractivity contribution in [1.29, 1.82) is 0 Å². The maximum Gasteiger partial charge on any atom is 0.222 e. The van der Waals surface area contributed by atoms with Crippen LogP contribution in [0.15, 0.2) is 17.5 Å². The highest BCUT2D eigenvalue weighted by Crippen LogP contribution is 2.33. The second kappa shape index (κ2) is 5.61. The molecule has 1 aromatic heterocycles. The van der Waals surface area contributed by atoms with Gasteiger partial charge in [0.25, 0.3) is 0 Å². The van der Waals surface area contributed by atoms with E-state index in [0.29, 0.717) is 25.0 Å². The number of hydrogen-bond acceptors (Lipinski definition) is 4. The monoisotopic (exact) mass is 280 g/mol. The molecule has 3 rings (SSSR count). The highest BCUT2D eigenvalue weighted by atomic mass is 32.1. The van der Waals surface area contributed by atoms with Crippen LogP contribution >= 0.6 is 11.3 Å². The van der Waals surface area contributed by atoms with Crippen LogP contribution in [0.4, 0.5) is 0 Å². The summed E-state index contributed by atoms with van der Waals surface area (Å²) in [5, 5.41) is 4.99. The minimum Gasteiger partial charge on any atom is -0.373 e. The molecule has 0 spiro atoms. The lowest BCUT2D eigenvalue weighted by atomic mass is 10.0. The number of ether oxygens (including phenoxy) is 1. The predicted molar refractivity (Wildman–Crippen MR) is 75.0 cm³/mol. The van der Waals surface area contributed by atoms with E-state index in [1.165, 1.54) is 4.88 Å². The number of thiophene rings is 1. The number of likely N-dealkylation sites (tertiary alicyclic amines) is 1. The molecule has 5 heteroatoms. The lowest BCUT2D eigenvalue weighted by Gasteiger charge is -2.14. The fraction of sp³-hybridized carbons (Fsp3) is 0.643. The van der Waals surface area contributed by atoms with Crippen molar-refractivity contribution in [2.45, 2.75) is 31.6 Å². The average Bonchev–Trinajstić information content (AvgIpc) is 3.02. The van der Waals surface area contributed by atoms with Crippen LogP contribution in [-0.4, -0.2) is 43.2 Å². The first-order chi connectivity index (χ1) is 9.20. The van der Waals surface area contributed by atoms with E-state index in [1.807, 2.05) is 17.5 Å². The molecule has 0 bridgehead atoms. The van der Waals surface area contributed by atoms with E-state index in [2.05, 4.69) is 17.3 Å². The van der Waals surface area contributed by atoms with E-state index in [1.54, 1.807) is 11.3 Å². The van der Waals surface area contributed by atoms with Crippen molar-refractivity contribution in [3.8, 4) is 0 Å². The lowest BCUT2D eigenvalue weighted by molar-refractivity contribution is -0.123. The van der Waals surface area contributed by atoms with E-state index in [0.717, 1.165) is 19.5 Å². The van der Waals surface area contributed by atoms with Gasteiger partial charge in [-0.05, 0) is 24.9 Å². The number of nitrogens with one attached hydrogen (secondary N) is 1.